The van der Waals surface area contributed by atoms with Gasteiger partial charge in [-0.05, 0) is 23.4 Å². The van der Waals surface area contributed by atoms with Crippen LogP contribution in [0.25, 0.3) is 0 Å². The Morgan fingerprint density at radius 1 is 1.25 bits per heavy atom. The highest BCUT2D eigenvalue weighted by Crippen LogP contribution is 2.09. The van der Waals surface area contributed by atoms with Gasteiger partial charge in [0.05, 0.1) is 8.07 Å². The predicted molar refractivity (Wildman–Crippen MR) is 53.8 cm³/mol. The summed E-state index contributed by atoms with van der Waals surface area (Å²) in [5.74, 6) is -0.122. The van der Waals surface area contributed by atoms with Gasteiger partial charge in [0.15, 0.2) is 0 Å². The lowest BCUT2D eigenvalue weighted by molar-refractivity contribution is 0.635. The summed E-state index contributed by atoms with van der Waals surface area (Å²) in [5, 5.41) is 0.808. The van der Waals surface area contributed by atoms with Crippen LogP contribution in [-0.4, -0.2) is 8.07 Å². The molecule has 0 heterocycles. The number of hydrogen-bond acceptors (Lipinski definition) is 1. The van der Waals surface area contributed by atoms with Crippen LogP contribution in [-0.2, 0) is 0 Å². The van der Waals surface area contributed by atoms with Crippen LogP contribution in [0.2, 0.25) is 19.6 Å². The molecular formula is C9H14FNSi. The van der Waals surface area contributed by atoms with E-state index in [9.17, 15) is 4.39 Å². The van der Waals surface area contributed by atoms with E-state index in [0.717, 1.165) is 5.19 Å². The lowest BCUT2D eigenvalue weighted by Gasteiger charge is -2.17. The molecule has 0 aliphatic rings. The zero-order valence-corrected chi connectivity index (χ0v) is 8.69. The molecule has 0 radical (unpaired) electrons. The maximum absolute atomic E-state index is 13.2. The summed E-state index contributed by atoms with van der Waals surface area (Å²) >= 11 is 0. The van der Waals surface area contributed by atoms with Crippen molar-refractivity contribution in [1.29, 1.82) is 0 Å². The molecule has 1 nitrogen and oxygen atoms in total. The standard InChI is InChI=1S/C9H14FNSi/c1-12(2,3)9-6-7(11)4-5-8(9)10/h4-6H,11H2,1-3H3. The fraction of sp³-hybridized carbons (Fsp3) is 0.333. The van der Waals surface area contributed by atoms with Crippen LogP contribution in [0.4, 0.5) is 10.1 Å². The highest BCUT2D eigenvalue weighted by atomic mass is 28.3. The van der Waals surface area contributed by atoms with E-state index in [-0.39, 0.29) is 5.82 Å². The third kappa shape index (κ3) is 1.85. The summed E-state index contributed by atoms with van der Waals surface area (Å²) < 4.78 is 13.2. The van der Waals surface area contributed by atoms with Crippen molar-refractivity contribution in [3.8, 4) is 0 Å². The molecule has 1 rings (SSSR count). The molecule has 0 fully saturated rings. The van der Waals surface area contributed by atoms with Gasteiger partial charge in [-0.15, -0.1) is 0 Å². The minimum absolute atomic E-state index is 0.122. The Morgan fingerprint density at radius 3 is 2.25 bits per heavy atom. The zero-order chi connectivity index (χ0) is 9.35. The van der Waals surface area contributed by atoms with Gasteiger partial charge in [-0.2, -0.15) is 0 Å². The van der Waals surface area contributed by atoms with Crippen LogP contribution in [0.3, 0.4) is 0 Å². The van der Waals surface area contributed by atoms with Crippen molar-refractivity contribution in [3.05, 3.63) is 24.0 Å². The second-order valence-corrected chi connectivity index (χ2v) is 9.03. The number of nitrogens with two attached hydrogens (primary N) is 1. The molecule has 0 aromatic heterocycles. The van der Waals surface area contributed by atoms with E-state index in [4.69, 9.17) is 5.73 Å². The van der Waals surface area contributed by atoms with Gasteiger partial charge in [-0.1, -0.05) is 19.6 Å². The SMILES string of the molecule is C[Si](C)(C)c1cc(N)ccc1F. The van der Waals surface area contributed by atoms with Gasteiger partial charge >= 0.3 is 0 Å². The number of benzene rings is 1. The Labute approximate surface area is 73.4 Å². The molecule has 0 saturated carbocycles. The van der Waals surface area contributed by atoms with Crippen molar-refractivity contribution < 1.29 is 4.39 Å². The van der Waals surface area contributed by atoms with Crippen LogP contribution in [0.15, 0.2) is 18.2 Å². The van der Waals surface area contributed by atoms with Gasteiger partial charge < -0.3 is 5.73 Å². The molecule has 0 unspecified atom stereocenters. The van der Waals surface area contributed by atoms with Gasteiger partial charge in [0.1, 0.15) is 5.82 Å². The smallest absolute Gasteiger partial charge is 0.122 e. The highest BCUT2D eigenvalue weighted by Gasteiger charge is 2.20. The van der Waals surface area contributed by atoms with Crippen LogP contribution in [0, 0.1) is 5.82 Å². The highest BCUT2D eigenvalue weighted by molar-refractivity contribution is 6.88. The first-order chi connectivity index (χ1) is 5.41. The van der Waals surface area contributed by atoms with Gasteiger partial charge in [0, 0.05) is 5.69 Å². The maximum atomic E-state index is 13.2. The van der Waals surface area contributed by atoms with E-state index in [1.807, 2.05) is 0 Å². The van der Waals surface area contributed by atoms with Crippen molar-refractivity contribution >= 4 is 18.9 Å². The first-order valence-electron chi connectivity index (χ1n) is 3.97. The fourth-order valence-corrected chi connectivity index (χ4v) is 2.52. The van der Waals surface area contributed by atoms with Crippen molar-refractivity contribution in [2.75, 3.05) is 5.73 Å². The Hall–Kier alpha value is -0.833. The molecule has 3 heteroatoms. The van der Waals surface area contributed by atoms with Crippen molar-refractivity contribution in [2.45, 2.75) is 19.6 Å². The van der Waals surface area contributed by atoms with Crippen LogP contribution in [0.5, 0.6) is 0 Å². The molecule has 0 atom stereocenters. The number of rotatable bonds is 1. The van der Waals surface area contributed by atoms with Crippen LogP contribution < -0.4 is 10.9 Å². The lowest BCUT2D eigenvalue weighted by Crippen LogP contribution is -2.40. The molecule has 2 N–H and O–H groups in total. The second kappa shape index (κ2) is 2.90. The second-order valence-electron chi connectivity index (χ2n) is 3.99. The molecule has 0 aliphatic carbocycles. The number of nitrogen functional groups attached to an aromatic ring is 1. The van der Waals surface area contributed by atoms with E-state index in [1.165, 1.54) is 6.07 Å². The molecule has 0 aliphatic heterocycles. The molecule has 0 spiro atoms. The number of hydrogen-bond donors (Lipinski definition) is 1. The number of halogens is 1. The summed E-state index contributed by atoms with van der Waals surface area (Å²) in [6.45, 7) is 6.31. The lowest BCUT2D eigenvalue weighted by atomic mass is 10.3. The van der Waals surface area contributed by atoms with E-state index in [2.05, 4.69) is 19.6 Å². The average Bonchev–Trinajstić information content (AvgIpc) is 1.92. The average molecular weight is 183 g/mol. The quantitative estimate of drug-likeness (QED) is 0.522. The molecule has 0 saturated heterocycles. The molecule has 1 aromatic rings. The van der Waals surface area contributed by atoms with Gasteiger partial charge in [-0.3, -0.25) is 0 Å². The molecule has 0 bridgehead atoms. The van der Waals surface area contributed by atoms with E-state index in [0.29, 0.717) is 5.69 Å². The fourth-order valence-electron chi connectivity index (χ4n) is 1.12. The Bertz CT molecular complexity index is 291. The first kappa shape index (κ1) is 9.26. The molecule has 66 valence electrons. The predicted octanol–water partition coefficient (Wildman–Crippen LogP) is 1.95. The van der Waals surface area contributed by atoms with E-state index in [1.54, 1.807) is 12.1 Å². The molecule has 0 amide bonds. The van der Waals surface area contributed by atoms with Crippen molar-refractivity contribution in [1.82, 2.24) is 0 Å². The Kier molecular flexibility index (Phi) is 2.24. The summed E-state index contributed by atoms with van der Waals surface area (Å²) in [4.78, 5) is 0. The van der Waals surface area contributed by atoms with Gasteiger partial charge in [-0.25, -0.2) is 4.39 Å². The molecule has 1 aromatic carbocycles. The Balaban J connectivity index is 3.23. The molecule has 12 heavy (non-hydrogen) atoms. The van der Waals surface area contributed by atoms with Crippen LogP contribution >= 0.6 is 0 Å². The summed E-state index contributed by atoms with van der Waals surface area (Å²) in [6, 6.07) is 4.80. The van der Waals surface area contributed by atoms with Crippen LogP contribution in [0.1, 0.15) is 0 Å². The third-order valence-corrected chi connectivity index (χ3v) is 3.80. The Morgan fingerprint density at radius 2 is 1.83 bits per heavy atom. The van der Waals surface area contributed by atoms with Crippen molar-refractivity contribution in [2.24, 2.45) is 0 Å². The van der Waals surface area contributed by atoms with Gasteiger partial charge in [0.2, 0.25) is 0 Å². The minimum atomic E-state index is -1.56. The van der Waals surface area contributed by atoms with E-state index >= 15 is 0 Å². The topological polar surface area (TPSA) is 26.0 Å². The van der Waals surface area contributed by atoms with Gasteiger partial charge in [0.25, 0.3) is 0 Å². The monoisotopic (exact) mass is 183 g/mol. The summed E-state index contributed by atoms with van der Waals surface area (Å²) in [6.07, 6.45) is 0. The minimum Gasteiger partial charge on any atom is -0.399 e. The maximum Gasteiger partial charge on any atom is 0.122 e. The van der Waals surface area contributed by atoms with Crippen molar-refractivity contribution in [3.63, 3.8) is 0 Å². The first-order valence-corrected chi connectivity index (χ1v) is 7.47. The number of anilines is 1. The molecular weight excluding hydrogens is 169 g/mol. The normalized spacial score (nSPS) is 11.7. The zero-order valence-electron chi connectivity index (χ0n) is 7.69. The van der Waals surface area contributed by atoms with E-state index < -0.39 is 8.07 Å². The summed E-state index contributed by atoms with van der Waals surface area (Å²) in [7, 11) is -1.56. The third-order valence-electron chi connectivity index (χ3n) is 1.80. The largest absolute Gasteiger partial charge is 0.399 e. The summed E-state index contributed by atoms with van der Waals surface area (Å²) in [5.41, 5.74) is 6.23.